The van der Waals surface area contributed by atoms with Gasteiger partial charge in [-0.1, -0.05) is 50.0 Å². The van der Waals surface area contributed by atoms with E-state index in [9.17, 15) is 5.11 Å². The number of phenolic OH excluding ortho intramolecular Hbond substituents is 1. The molecule has 3 aromatic rings. The van der Waals surface area contributed by atoms with Crippen LogP contribution in [0.4, 0.5) is 0 Å². The summed E-state index contributed by atoms with van der Waals surface area (Å²) >= 11 is 0. The summed E-state index contributed by atoms with van der Waals surface area (Å²) < 4.78 is 11.2. The molecule has 3 rings (SSSR count). The van der Waals surface area contributed by atoms with E-state index in [4.69, 9.17) is 9.26 Å². The van der Waals surface area contributed by atoms with E-state index in [1.54, 1.807) is 13.2 Å². The Kier molecular flexibility index (Phi) is 7.53. The number of phenols is 1. The fourth-order valence-corrected chi connectivity index (χ4v) is 3.67. The van der Waals surface area contributed by atoms with Gasteiger partial charge < -0.3 is 14.4 Å². The van der Waals surface area contributed by atoms with Crippen LogP contribution in [0.1, 0.15) is 56.4 Å². The topological polar surface area (TPSA) is 58.7 Å². The van der Waals surface area contributed by atoms with Crippen molar-refractivity contribution in [3.8, 4) is 11.5 Å². The number of para-hydroxylation sites is 1. The summed E-state index contributed by atoms with van der Waals surface area (Å²) in [6.07, 6.45) is 5.23. The second-order valence-corrected chi connectivity index (χ2v) is 7.54. The number of ether oxygens (including phenoxy) is 1. The van der Waals surface area contributed by atoms with E-state index in [0.29, 0.717) is 18.5 Å². The summed E-state index contributed by atoms with van der Waals surface area (Å²) in [5.74, 6) is 1.11. The SMILES string of the molecule is CCCCN(CCCC)Cc1c(O)ccc2c(Cc3ccccc3OC)noc12. The van der Waals surface area contributed by atoms with Crippen molar-refractivity contribution in [2.24, 2.45) is 0 Å². The van der Waals surface area contributed by atoms with Gasteiger partial charge in [-0.15, -0.1) is 0 Å². The molecule has 0 saturated heterocycles. The minimum Gasteiger partial charge on any atom is -0.507 e. The molecule has 0 bridgehead atoms. The van der Waals surface area contributed by atoms with E-state index in [2.05, 4.69) is 23.9 Å². The number of fused-ring (bicyclic) bond motifs is 1. The van der Waals surface area contributed by atoms with Crippen LogP contribution in [0.5, 0.6) is 11.5 Å². The summed E-state index contributed by atoms with van der Waals surface area (Å²) in [5.41, 5.74) is 3.44. The van der Waals surface area contributed by atoms with Crippen LogP contribution in [-0.2, 0) is 13.0 Å². The molecule has 29 heavy (non-hydrogen) atoms. The van der Waals surface area contributed by atoms with E-state index in [1.807, 2.05) is 30.3 Å². The maximum atomic E-state index is 10.6. The lowest BCUT2D eigenvalue weighted by molar-refractivity contribution is 0.253. The van der Waals surface area contributed by atoms with Crippen molar-refractivity contribution >= 4 is 11.0 Å². The number of hydrogen-bond donors (Lipinski definition) is 1. The van der Waals surface area contributed by atoms with Crippen LogP contribution >= 0.6 is 0 Å². The molecular formula is C24H32N2O3. The van der Waals surface area contributed by atoms with Gasteiger partial charge in [0.1, 0.15) is 11.5 Å². The normalized spacial score (nSPS) is 11.4. The summed E-state index contributed by atoms with van der Waals surface area (Å²) in [6.45, 7) is 7.13. The van der Waals surface area contributed by atoms with Crippen LogP contribution in [0, 0.1) is 0 Å². The van der Waals surface area contributed by atoms with E-state index >= 15 is 0 Å². The Morgan fingerprint density at radius 2 is 1.76 bits per heavy atom. The molecule has 0 aliphatic heterocycles. The Balaban J connectivity index is 1.90. The fraction of sp³-hybridized carbons (Fsp3) is 0.458. The van der Waals surface area contributed by atoms with E-state index in [1.165, 1.54) is 0 Å². The second kappa shape index (κ2) is 10.3. The largest absolute Gasteiger partial charge is 0.507 e. The Morgan fingerprint density at radius 3 is 2.45 bits per heavy atom. The van der Waals surface area contributed by atoms with Crippen molar-refractivity contribution in [2.45, 2.75) is 52.5 Å². The summed E-state index contributed by atoms with van der Waals surface area (Å²) in [4.78, 5) is 2.41. The highest BCUT2D eigenvalue weighted by Crippen LogP contribution is 2.32. The van der Waals surface area contributed by atoms with Gasteiger partial charge in [0, 0.05) is 23.9 Å². The van der Waals surface area contributed by atoms with Crippen LogP contribution in [0.15, 0.2) is 40.9 Å². The third-order valence-corrected chi connectivity index (χ3v) is 5.38. The molecule has 1 N–H and O–H groups in total. The first-order chi connectivity index (χ1) is 14.2. The van der Waals surface area contributed by atoms with E-state index < -0.39 is 0 Å². The number of unbranched alkanes of at least 4 members (excludes halogenated alkanes) is 2. The maximum Gasteiger partial charge on any atom is 0.175 e. The van der Waals surface area contributed by atoms with Gasteiger partial charge in [0.15, 0.2) is 5.58 Å². The van der Waals surface area contributed by atoms with Crippen LogP contribution in [-0.4, -0.2) is 35.4 Å². The second-order valence-electron chi connectivity index (χ2n) is 7.54. The molecule has 0 aliphatic rings. The van der Waals surface area contributed by atoms with Gasteiger partial charge in [0.05, 0.1) is 18.4 Å². The van der Waals surface area contributed by atoms with E-state index in [0.717, 1.165) is 66.7 Å². The third-order valence-electron chi connectivity index (χ3n) is 5.38. The zero-order chi connectivity index (χ0) is 20.6. The number of benzene rings is 2. The molecular weight excluding hydrogens is 364 g/mol. The molecule has 0 radical (unpaired) electrons. The molecule has 2 aromatic carbocycles. The summed E-state index contributed by atoms with van der Waals surface area (Å²) in [7, 11) is 1.68. The fourth-order valence-electron chi connectivity index (χ4n) is 3.67. The molecule has 1 heterocycles. The number of methoxy groups -OCH3 is 1. The van der Waals surface area contributed by atoms with Crippen molar-refractivity contribution in [3.63, 3.8) is 0 Å². The highest BCUT2D eigenvalue weighted by molar-refractivity contribution is 5.84. The zero-order valence-electron chi connectivity index (χ0n) is 17.8. The Morgan fingerprint density at radius 1 is 1.03 bits per heavy atom. The lowest BCUT2D eigenvalue weighted by atomic mass is 10.0. The molecule has 0 unspecified atom stereocenters. The van der Waals surface area contributed by atoms with Crippen molar-refractivity contribution in [1.82, 2.24) is 10.1 Å². The Labute approximate surface area is 173 Å². The molecule has 0 amide bonds. The minimum atomic E-state index is 0.274. The van der Waals surface area contributed by atoms with Crippen LogP contribution in [0.3, 0.4) is 0 Å². The zero-order valence-corrected chi connectivity index (χ0v) is 17.8. The molecule has 0 fully saturated rings. The lowest BCUT2D eigenvalue weighted by Crippen LogP contribution is -2.25. The van der Waals surface area contributed by atoms with Crippen LogP contribution in [0.2, 0.25) is 0 Å². The first kappa shape index (κ1) is 21.2. The molecule has 0 saturated carbocycles. The number of nitrogens with zero attached hydrogens (tertiary/aromatic N) is 2. The quantitative estimate of drug-likeness (QED) is 0.461. The van der Waals surface area contributed by atoms with Crippen LogP contribution < -0.4 is 4.74 Å². The average molecular weight is 397 g/mol. The first-order valence-corrected chi connectivity index (χ1v) is 10.6. The third kappa shape index (κ3) is 5.10. The summed E-state index contributed by atoms with van der Waals surface area (Å²) in [6, 6.07) is 11.6. The van der Waals surface area contributed by atoms with Crippen molar-refractivity contribution in [2.75, 3.05) is 20.2 Å². The van der Waals surface area contributed by atoms with Crippen molar-refractivity contribution in [3.05, 3.63) is 53.2 Å². The van der Waals surface area contributed by atoms with Gasteiger partial charge >= 0.3 is 0 Å². The molecule has 0 atom stereocenters. The first-order valence-electron chi connectivity index (χ1n) is 10.6. The monoisotopic (exact) mass is 396 g/mol. The lowest BCUT2D eigenvalue weighted by Gasteiger charge is -2.22. The highest BCUT2D eigenvalue weighted by atomic mass is 16.5. The van der Waals surface area contributed by atoms with Gasteiger partial charge in [0.2, 0.25) is 0 Å². The number of aromatic hydroxyl groups is 1. The Hall–Kier alpha value is -2.53. The predicted octanol–water partition coefficient (Wildman–Crippen LogP) is 5.54. The smallest absolute Gasteiger partial charge is 0.175 e. The molecule has 5 nitrogen and oxygen atoms in total. The highest BCUT2D eigenvalue weighted by Gasteiger charge is 2.19. The van der Waals surface area contributed by atoms with Crippen molar-refractivity contribution in [1.29, 1.82) is 0 Å². The average Bonchev–Trinajstić information content (AvgIpc) is 3.15. The van der Waals surface area contributed by atoms with Gasteiger partial charge in [-0.2, -0.15) is 0 Å². The molecule has 156 valence electrons. The summed E-state index contributed by atoms with van der Waals surface area (Å²) in [5, 5.41) is 15.8. The van der Waals surface area contributed by atoms with Gasteiger partial charge in [-0.25, -0.2) is 0 Å². The molecule has 1 aromatic heterocycles. The van der Waals surface area contributed by atoms with Crippen LogP contribution in [0.25, 0.3) is 11.0 Å². The molecule has 0 spiro atoms. The number of aromatic nitrogens is 1. The van der Waals surface area contributed by atoms with Gasteiger partial charge in [-0.3, -0.25) is 4.90 Å². The Bertz CT molecular complexity index is 912. The van der Waals surface area contributed by atoms with Gasteiger partial charge in [0.25, 0.3) is 0 Å². The molecule has 0 aliphatic carbocycles. The minimum absolute atomic E-state index is 0.274. The molecule has 5 heteroatoms. The van der Waals surface area contributed by atoms with Gasteiger partial charge in [-0.05, 0) is 44.1 Å². The number of hydrogen-bond acceptors (Lipinski definition) is 5. The predicted molar refractivity (Wildman–Crippen MR) is 117 cm³/mol. The van der Waals surface area contributed by atoms with Crippen molar-refractivity contribution < 1.29 is 14.4 Å². The number of rotatable bonds is 11. The van der Waals surface area contributed by atoms with E-state index in [-0.39, 0.29) is 5.75 Å². The maximum absolute atomic E-state index is 10.6. The standard InChI is InChI=1S/C24H32N2O3/c1-4-6-14-26(15-7-5-2)17-20-22(27)13-12-19-21(25-29-24(19)20)16-18-10-8-9-11-23(18)28-3/h8-13,27H,4-7,14-17H2,1-3H3.